The summed E-state index contributed by atoms with van der Waals surface area (Å²) in [5, 5.41) is 9.17. The number of rotatable bonds is 13. The minimum absolute atomic E-state index is 0.290. The van der Waals surface area contributed by atoms with Crippen molar-refractivity contribution in [1.29, 1.82) is 0 Å². The number of carboxylic acids is 1. The summed E-state index contributed by atoms with van der Waals surface area (Å²) in [5.74, 6) is 0.310. The first kappa shape index (κ1) is 24.8. The molecule has 0 aliphatic carbocycles. The molecule has 0 heterocycles. The largest absolute Gasteiger partial charge is 0.492 e. The SMILES string of the molecule is CCOC(Cc1ccc(OCCN(CC(C)C)C(=O)OCC(C)C)cc1)C(=O)O. The van der Waals surface area contributed by atoms with Crippen LogP contribution in [0.2, 0.25) is 0 Å². The molecular weight excluding hydrogens is 374 g/mol. The molecule has 0 saturated carbocycles. The molecule has 0 radical (unpaired) electrons. The van der Waals surface area contributed by atoms with E-state index >= 15 is 0 Å². The van der Waals surface area contributed by atoms with E-state index in [1.165, 1.54) is 0 Å². The highest BCUT2D eigenvalue weighted by molar-refractivity contribution is 5.72. The van der Waals surface area contributed by atoms with Crippen molar-refractivity contribution in [2.75, 3.05) is 32.9 Å². The molecule has 7 nitrogen and oxygen atoms in total. The van der Waals surface area contributed by atoms with Gasteiger partial charge in [0, 0.05) is 19.6 Å². The average Bonchev–Trinajstić information content (AvgIpc) is 2.65. The molecule has 0 bridgehead atoms. The Morgan fingerprint density at radius 3 is 2.24 bits per heavy atom. The maximum absolute atomic E-state index is 12.3. The van der Waals surface area contributed by atoms with Gasteiger partial charge in [0.1, 0.15) is 12.4 Å². The lowest BCUT2D eigenvalue weighted by Gasteiger charge is -2.24. The standard InChI is InChI=1S/C22H35NO6/c1-6-27-20(21(24)25)13-18-7-9-19(10-8-18)28-12-11-23(14-16(2)3)22(26)29-15-17(4)5/h7-10,16-17,20H,6,11-15H2,1-5H3,(H,24,25). The van der Waals surface area contributed by atoms with Gasteiger partial charge in [-0.25, -0.2) is 9.59 Å². The maximum Gasteiger partial charge on any atom is 0.409 e. The molecular formula is C22H35NO6. The zero-order chi connectivity index (χ0) is 21.8. The summed E-state index contributed by atoms with van der Waals surface area (Å²) in [6, 6.07) is 7.24. The summed E-state index contributed by atoms with van der Waals surface area (Å²) in [6.07, 6.45) is -0.872. The summed E-state index contributed by atoms with van der Waals surface area (Å²) in [5.41, 5.74) is 0.858. The second-order valence-corrected chi connectivity index (χ2v) is 7.79. The normalized spacial score (nSPS) is 12.1. The highest BCUT2D eigenvalue weighted by atomic mass is 16.6. The van der Waals surface area contributed by atoms with Crippen LogP contribution in [0.15, 0.2) is 24.3 Å². The molecule has 0 aromatic heterocycles. The molecule has 1 atom stereocenters. The van der Waals surface area contributed by atoms with Crippen molar-refractivity contribution in [3.05, 3.63) is 29.8 Å². The van der Waals surface area contributed by atoms with Gasteiger partial charge in [-0.1, -0.05) is 39.8 Å². The van der Waals surface area contributed by atoms with Gasteiger partial charge >= 0.3 is 12.1 Å². The van der Waals surface area contributed by atoms with Crippen molar-refractivity contribution >= 4 is 12.1 Å². The Bertz CT molecular complexity index is 614. The number of carbonyl (C=O) groups is 2. The molecule has 1 aromatic carbocycles. The highest BCUT2D eigenvalue weighted by Gasteiger charge is 2.18. The lowest BCUT2D eigenvalue weighted by atomic mass is 10.1. The smallest absolute Gasteiger partial charge is 0.409 e. The lowest BCUT2D eigenvalue weighted by molar-refractivity contribution is -0.149. The quantitative estimate of drug-likeness (QED) is 0.533. The van der Waals surface area contributed by atoms with Gasteiger partial charge in [-0.05, 0) is 36.5 Å². The van der Waals surface area contributed by atoms with E-state index < -0.39 is 12.1 Å². The number of amides is 1. The van der Waals surface area contributed by atoms with E-state index in [0.29, 0.717) is 51.0 Å². The summed E-state index contributed by atoms with van der Waals surface area (Å²) < 4.78 is 16.3. The average molecular weight is 410 g/mol. The number of hydrogen-bond donors (Lipinski definition) is 1. The monoisotopic (exact) mass is 409 g/mol. The van der Waals surface area contributed by atoms with Gasteiger partial charge in [-0.2, -0.15) is 0 Å². The Balaban J connectivity index is 2.55. The highest BCUT2D eigenvalue weighted by Crippen LogP contribution is 2.15. The van der Waals surface area contributed by atoms with Gasteiger partial charge in [0.15, 0.2) is 6.10 Å². The molecule has 164 valence electrons. The van der Waals surface area contributed by atoms with Crippen molar-refractivity contribution in [3.8, 4) is 5.75 Å². The van der Waals surface area contributed by atoms with Gasteiger partial charge in [0.2, 0.25) is 0 Å². The van der Waals surface area contributed by atoms with E-state index in [0.717, 1.165) is 5.56 Å². The Kier molecular flexibility index (Phi) is 11.1. The molecule has 7 heteroatoms. The first-order chi connectivity index (χ1) is 13.7. The van der Waals surface area contributed by atoms with E-state index in [1.807, 2.05) is 26.0 Å². The predicted molar refractivity (Wildman–Crippen MR) is 111 cm³/mol. The van der Waals surface area contributed by atoms with Crippen LogP contribution in [0.25, 0.3) is 0 Å². The fourth-order valence-corrected chi connectivity index (χ4v) is 2.66. The van der Waals surface area contributed by atoms with Crippen molar-refractivity contribution in [2.24, 2.45) is 11.8 Å². The van der Waals surface area contributed by atoms with Crippen molar-refractivity contribution < 1.29 is 28.9 Å². The Morgan fingerprint density at radius 1 is 1.07 bits per heavy atom. The van der Waals surface area contributed by atoms with E-state index in [1.54, 1.807) is 24.0 Å². The third-order valence-electron chi connectivity index (χ3n) is 4.00. The van der Waals surface area contributed by atoms with Gasteiger partial charge in [0.05, 0.1) is 13.2 Å². The molecule has 1 amide bonds. The van der Waals surface area contributed by atoms with Crippen LogP contribution >= 0.6 is 0 Å². The number of hydrogen-bond acceptors (Lipinski definition) is 5. The van der Waals surface area contributed by atoms with Crippen LogP contribution in [0, 0.1) is 11.8 Å². The van der Waals surface area contributed by atoms with Crippen LogP contribution < -0.4 is 4.74 Å². The number of carbonyl (C=O) groups excluding carboxylic acids is 1. The zero-order valence-electron chi connectivity index (χ0n) is 18.2. The van der Waals surface area contributed by atoms with Crippen molar-refractivity contribution in [1.82, 2.24) is 4.90 Å². The molecule has 0 aliphatic rings. The molecule has 1 aromatic rings. The molecule has 29 heavy (non-hydrogen) atoms. The summed E-state index contributed by atoms with van der Waals surface area (Å²) >= 11 is 0. The van der Waals surface area contributed by atoms with E-state index in [-0.39, 0.29) is 12.0 Å². The van der Waals surface area contributed by atoms with Crippen molar-refractivity contribution in [2.45, 2.75) is 47.1 Å². The Labute approximate surface area is 173 Å². The minimum atomic E-state index is -0.971. The van der Waals surface area contributed by atoms with Crippen LogP contribution in [0.1, 0.15) is 40.2 Å². The third-order valence-corrected chi connectivity index (χ3v) is 4.00. The third kappa shape index (κ3) is 10.2. The molecule has 1 unspecified atom stereocenters. The van der Waals surface area contributed by atoms with Crippen LogP contribution in [-0.4, -0.2) is 61.1 Å². The number of benzene rings is 1. The molecule has 0 spiro atoms. The second kappa shape index (κ2) is 13.0. The first-order valence-electron chi connectivity index (χ1n) is 10.2. The van der Waals surface area contributed by atoms with Crippen LogP contribution in [0.5, 0.6) is 5.75 Å². The van der Waals surface area contributed by atoms with E-state index in [9.17, 15) is 14.7 Å². The number of carboxylic acid groups (broad SMARTS) is 1. The second-order valence-electron chi connectivity index (χ2n) is 7.79. The Morgan fingerprint density at radius 2 is 1.72 bits per heavy atom. The summed E-state index contributed by atoms with van der Waals surface area (Å²) in [4.78, 5) is 25.1. The van der Waals surface area contributed by atoms with Crippen LogP contribution in [-0.2, 0) is 20.7 Å². The Hall–Kier alpha value is -2.28. The number of aliphatic carboxylic acids is 1. The number of ether oxygens (including phenoxy) is 3. The van der Waals surface area contributed by atoms with E-state index in [4.69, 9.17) is 14.2 Å². The molecule has 1 rings (SSSR count). The molecule has 0 fully saturated rings. The summed E-state index contributed by atoms with van der Waals surface area (Å²) in [6.45, 7) is 12.0. The predicted octanol–water partition coefficient (Wildman–Crippen LogP) is 3.85. The van der Waals surface area contributed by atoms with Crippen LogP contribution in [0.4, 0.5) is 4.79 Å². The van der Waals surface area contributed by atoms with E-state index in [2.05, 4.69) is 13.8 Å². The van der Waals surface area contributed by atoms with Crippen LogP contribution in [0.3, 0.4) is 0 Å². The summed E-state index contributed by atoms with van der Waals surface area (Å²) in [7, 11) is 0. The van der Waals surface area contributed by atoms with Gasteiger partial charge in [0.25, 0.3) is 0 Å². The molecule has 0 saturated heterocycles. The number of nitrogens with zero attached hydrogens (tertiary/aromatic N) is 1. The lowest BCUT2D eigenvalue weighted by Crippen LogP contribution is -2.38. The van der Waals surface area contributed by atoms with Gasteiger partial charge < -0.3 is 24.2 Å². The molecule has 0 aliphatic heterocycles. The van der Waals surface area contributed by atoms with Crippen molar-refractivity contribution in [3.63, 3.8) is 0 Å². The fraction of sp³-hybridized carbons (Fsp3) is 0.636. The van der Waals surface area contributed by atoms with Gasteiger partial charge in [-0.15, -0.1) is 0 Å². The zero-order valence-corrected chi connectivity index (χ0v) is 18.2. The molecule has 1 N–H and O–H groups in total. The first-order valence-corrected chi connectivity index (χ1v) is 10.2. The maximum atomic E-state index is 12.3. The van der Waals surface area contributed by atoms with Gasteiger partial charge in [-0.3, -0.25) is 0 Å². The minimum Gasteiger partial charge on any atom is -0.492 e. The topological polar surface area (TPSA) is 85.3 Å². The fourth-order valence-electron chi connectivity index (χ4n) is 2.66.